The minimum atomic E-state index is -3.49. The summed E-state index contributed by atoms with van der Waals surface area (Å²) in [5.74, 6) is 0. The molecule has 1 N–H and O–H groups in total. The van der Waals surface area contributed by atoms with Gasteiger partial charge in [-0.15, -0.1) is 0 Å². The van der Waals surface area contributed by atoms with E-state index in [2.05, 4.69) is 9.71 Å². The quantitative estimate of drug-likeness (QED) is 0.873. The molecule has 1 aliphatic heterocycles. The maximum Gasteiger partial charge on any atom is 0.301 e. The van der Waals surface area contributed by atoms with Crippen LogP contribution in [0.5, 0.6) is 0 Å². The van der Waals surface area contributed by atoms with E-state index in [4.69, 9.17) is 11.6 Å². The Morgan fingerprint density at radius 1 is 1.26 bits per heavy atom. The fourth-order valence-corrected chi connectivity index (χ4v) is 3.69. The van der Waals surface area contributed by atoms with Crippen molar-refractivity contribution >= 4 is 27.5 Å². The Morgan fingerprint density at radius 2 is 1.89 bits per heavy atom. The maximum absolute atomic E-state index is 12.3. The molecule has 106 valence electrons. The Balaban J connectivity index is 2.15. The minimum absolute atomic E-state index is 0.357. The van der Waals surface area contributed by atoms with E-state index in [9.17, 15) is 8.42 Å². The number of anilines is 1. The van der Waals surface area contributed by atoms with Gasteiger partial charge in [-0.25, -0.2) is 4.98 Å². The highest BCUT2D eigenvalue weighted by molar-refractivity contribution is 7.90. The average molecular weight is 304 g/mol. The predicted octanol–water partition coefficient (Wildman–Crippen LogP) is 2.58. The summed E-state index contributed by atoms with van der Waals surface area (Å²) in [6.07, 6.45) is 5.46. The number of rotatable bonds is 3. The lowest BCUT2D eigenvalue weighted by molar-refractivity contribution is 0.427. The van der Waals surface area contributed by atoms with E-state index < -0.39 is 10.2 Å². The molecule has 5 nitrogen and oxygen atoms in total. The second-order valence-corrected chi connectivity index (χ2v) is 6.80. The number of nitrogens with one attached hydrogen (secondary N) is 1. The third-order valence-corrected chi connectivity index (χ3v) is 4.95. The van der Waals surface area contributed by atoms with Crippen molar-refractivity contribution in [1.29, 1.82) is 0 Å². The molecule has 0 bridgehead atoms. The molecule has 0 saturated carbocycles. The predicted molar refractivity (Wildman–Crippen MR) is 76.6 cm³/mol. The fraction of sp³-hybridized carbons (Fsp3) is 0.583. The van der Waals surface area contributed by atoms with Gasteiger partial charge in [0, 0.05) is 13.1 Å². The lowest BCUT2D eigenvalue weighted by atomic mass is 10.2. The summed E-state index contributed by atoms with van der Waals surface area (Å²) in [7, 11) is -3.49. The molecule has 2 rings (SSSR count). The minimum Gasteiger partial charge on any atom is -0.269 e. The number of pyridine rings is 1. The van der Waals surface area contributed by atoms with Gasteiger partial charge in [0.15, 0.2) is 0 Å². The first-order valence-electron chi connectivity index (χ1n) is 6.39. The molecule has 0 unspecified atom stereocenters. The highest BCUT2D eigenvalue weighted by Crippen LogP contribution is 2.20. The highest BCUT2D eigenvalue weighted by Gasteiger charge is 2.23. The SMILES string of the molecule is Cc1cc(Cl)ncc1NS(=O)(=O)N1CCCCCC1. The summed E-state index contributed by atoms with van der Waals surface area (Å²) in [6.45, 7) is 2.96. The van der Waals surface area contributed by atoms with E-state index >= 15 is 0 Å². The summed E-state index contributed by atoms with van der Waals surface area (Å²) in [4.78, 5) is 3.91. The molecule has 0 spiro atoms. The molecule has 1 saturated heterocycles. The van der Waals surface area contributed by atoms with Crippen LogP contribution in [0.4, 0.5) is 5.69 Å². The fourth-order valence-electron chi connectivity index (χ4n) is 2.11. The standard InChI is InChI=1S/C12H18ClN3O2S/c1-10-8-12(13)14-9-11(10)15-19(17,18)16-6-4-2-3-5-7-16/h8-9,15H,2-7H2,1H3. The number of nitrogens with zero attached hydrogens (tertiary/aromatic N) is 2. The number of hydrogen-bond acceptors (Lipinski definition) is 3. The van der Waals surface area contributed by atoms with Crippen LogP contribution in [0.2, 0.25) is 5.15 Å². The molecule has 7 heteroatoms. The molecule has 1 fully saturated rings. The number of aromatic nitrogens is 1. The Hall–Kier alpha value is -0.850. The summed E-state index contributed by atoms with van der Waals surface area (Å²) in [6, 6.07) is 1.64. The second-order valence-electron chi connectivity index (χ2n) is 4.74. The van der Waals surface area contributed by atoms with Gasteiger partial charge in [-0.1, -0.05) is 24.4 Å². The van der Waals surface area contributed by atoms with Crippen LogP contribution in [0.1, 0.15) is 31.2 Å². The van der Waals surface area contributed by atoms with Crippen molar-refractivity contribution in [3.8, 4) is 0 Å². The molecule has 2 heterocycles. The normalized spacial score (nSPS) is 18.0. The van der Waals surface area contributed by atoms with Crippen LogP contribution in [0.3, 0.4) is 0 Å². The first-order valence-corrected chi connectivity index (χ1v) is 8.21. The van der Waals surface area contributed by atoms with Crippen molar-refractivity contribution in [3.63, 3.8) is 0 Å². The van der Waals surface area contributed by atoms with Crippen molar-refractivity contribution in [1.82, 2.24) is 9.29 Å². The number of hydrogen-bond donors (Lipinski definition) is 1. The van der Waals surface area contributed by atoms with Crippen LogP contribution < -0.4 is 4.72 Å². The Labute approximate surface area is 119 Å². The van der Waals surface area contributed by atoms with Gasteiger partial charge in [0.05, 0.1) is 11.9 Å². The Kier molecular flexibility index (Phi) is 4.65. The molecule has 0 aliphatic carbocycles. The highest BCUT2D eigenvalue weighted by atomic mass is 35.5. The van der Waals surface area contributed by atoms with Gasteiger partial charge in [-0.3, -0.25) is 4.72 Å². The molecule has 1 aromatic heterocycles. The summed E-state index contributed by atoms with van der Waals surface area (Å²) in [5.41, 5.74) is 1.24. The van der Waals surface area contributed by atoms with Crippen molar-refractivity contribution in [2.75, 3.05) is 17.8 Å². The van der Waals surface area contributed by atoms with Gasteiger partial charge >= 0.3 is 10.2 Å². The number of aryl methyl sites for hydroxylation is 1. The molecule has 0 radical (unpaired) electrons. The Morgan fingerprint density at radius 3 is 2.47 bits per heavy atom. The van der Waals surface area contributed by atoms with Crippen LogP contribution in [0.15, 0.2) is 12.3 Å². The zero-order chi connectivity index (χ0) is 13.9. The van der Waals surface area contributed by atoms with E-state index in [1.807, 2.05) is 0 Å². The van der Waals surface area contributed by atoms with Crippen LogP contribution in [0.25, 0.3) is 0 Å². The van der Waals surface area contributed by atoms with Gasteiger partial charge in [0.2, 0.25) is 0 Å². The first kappa shape index (κ1) is 14.6. The Bertz CT molecular complexity index is 540. The van der Waals surface area contributed by atoms with Crippen LogP contribution >= 0.6 is 11.6 Å². The van der Waals surface area contributed by atoms with Crippen molar-refractivity contribution < 1.29 is 8.42 Å². The maximum atomic E-state index is 12.3. The van der Waals surface area contributed by atoms with E-state index in [0.29, 0.717) is 23.9 Å². The van der Waals surface area contributed by atoms with E-state index in [1.165, 1.54) is 10.5 Å². The average Bonchev–Trinajstić information content (AvgIpc) is 2.62. The van der Waals surface area contributed by atoms with Gasteiger partial charge < -0.3 is 0 Å². The number of halogens is 1. The zero-order valence-electron chi connectivity index (χ0n) is 10.9. The second kappa shape index (κ2) is 6.07. The molecule has 0 aromatic carbocycles. The van der Waals surface area contributed by atoms with E-state index in [-0.39, 0.29) is 0 Å². The third-order valence-electron chi connectivity index (χ3n) is 3.22. The van der Waals surface area contributed by atoms with Crippen LogP contribution in [-0.4, -0.2) is 30.8 Å². The summed E-state index contributed by atoms with van der Waals surface area (Å²) in [5, 5.41) is 0.357. The molecule has 19 heavy (non-hydrogen) atoms. The topological polar surface area (TPSA) is 62.3 Å². The van der Waals surface area contributed by atoms with Crippen LogP contribution in [0, 0.1) is 6.92 Å². The monoisotopic (exact) mass is 303 g/mol. The molecular weight excluding hydrogens is 286 g/mol. The van der Waals surface area contributed by atoms with Crippen molar-refractivity contribution in [3.05, 3.63) is 23.0 Å². The summed E-state index contributed by atoms with van der Waals surface area (Å²) >= 11 is 5.76. The van der Waals surface area contributed by atoms with Crippen molar-refractivity contribution in [2.24, 2.45) is 0 Å². The molecule has 0 amide bonds. The van der Waals surface area contributed by atoms with E-state index in [0.717, 1.165) is 31.2 Å². The smallest absolute Gasteiger partial charge is 0.269 e. The van der Waals surface area contributed by atoms with Crippen LogP contribution in [-0.2, 0) is 10.2 Å². The van der Waals surface area contributed by atoms with Gasteiger partial charge in [-0.05, 0) is 31.4 Å². The summed E-state index contributed by atoms with van der Waals surface area (Å²) < 4.78 is 28.7. The zero-order valence-corrected chi connectivity index (χ0v) is 12.5. The van der Waals surface area contributed by atoms with Crippen molar-refractivity contribution in [2.45, 2.75) is 32.6 Å². The first-order chi connectivity index (χ1) is 8.99. The lowest BCUT2D eigenvalue weighted by Gasteiger charge is -2.21. The molecular formula is C12H18ClN3O2S. The largest absolute Gasteiger partial charge is 0.301 e. The van der Waals surface area contributed by atoms with Gasteiger partial charge in [-0.2, -0.15) is 12.7 Å². The lowest BCUT2D eigenvalue weighted by Crippen LogP contribution is -2.36. The van der Waals surface area contributed by atoms with Gasteiger partial charge in [0.1, 0.15) is 5.15 Å². The molecule has 0 atom stereocenters. The van der Waals surface area contributed by atoms with Gasteiger partial charge in [0.25, 0.3) is 0 Å². The molecule has 1 aliphatic rings. The van der Waals surface area contributed by atoms with E-state index in [1.54, 1.807) is 13.0 Å². The molecule has 1 aromatic rings. The third kappa shape index (κ3) is 3.81.